The van der Waals surface area contributed by atoms with Gasteiger partial charge in [0.1, 0.15) is 17.5 Å². The smallest absolute Gasteiger partial charge is 0.350 e. The Morgan fingerprint density at radius 1 is 1.18 bits per heavy atom. The largest absolute Gasteiger partial charge is 0.418 e. The summed E-state index contributed by atoms with van der Waals surface area (Å²) in [7, 11) is 0. The number of benzene rings is 1. The number of likely N-dealkylation sites (tertiary alicyclic amines) is 1. The van der Waals surface area contributed by atoms with Crippen molar-refractivity contribution in [2.75, 3.05) is 6.54 Å². The summed E-state index contributed by atoms with van der Waals surface area (Å²) in [4.78, 5) is 56.4. The van der Waals surface area contributed by atoms with Crippen LogP contribution in [0.15, 0.2) is 18.2 Å². The summed E-state index contributed by atoms with van der Waals surface area (Å²) in [6.07, 6.45) is 0.196. The van der Waals surface area contributed by atoms with Crippen LogP contribution >= 0.6 is 11.6 Å². The van der Waals surface area contributed by atoms with E-state index >= 15 is 0 Å². The van der Waals surface area contributed by atoms with Gasteiger partial charge in [0.2, 0.25) is 5.91 Å². The second kappa shape index (κ2) is 10.6. The van der Waals surface area contributed by atoms with Crippen molar-refractivity contribution in [1.29, 1.82) is 0 Å². The fourth-order valence-corrected chi connectivity index (χ4v) is 6.95. The molecule has 0 radical (unpaired) electrons. The minimum atomic E-state index is -4.65. The summed E-state index contributed by atoms with van der Waals surface area (Å²) in [6.45, 7) is 2.00. The van der Waals surface area contributed by atoms with E-state index in [4.69, 9.17) is 11.6 Å². The first-order valence-electron chi connectivity index (χ1n) is 13.5. The Hall–Kier alpha value is -2.88. The number of carbonyl (C=O) groups excluding carboxylic acids is 4. The quantitative estimate of drug-likeness (QED) is 0.476. The maximum absolute atomic E-state index is 13.7. The molecule has 2 aliphatic carbocycles. The Bertz CT molecular complexity index is 1320. The second-order valence-electron chi connectivity index (χ2n) is 11.0. The SMILES string of the molecule is CCC(=O)C(CC1CCCC1=O)NC(=O)C1C2CCCC2CN1C(=O)c1cc2c(Cl)ccc(C(F)(F)F)c2[nH]1. The van der Waals surface area contributed by atoms with Gasteiger partial charge in [-0.15, -0.1) is 0 Å². The van der Waals surface area contributed by atoms with E-state index in [1.165, 1.54) is 11.0 Å². The van der Waals surface area contributed by atoms with Crippen LogP contribution in [-0.2, 0) is 20.6 Å². The topological polar surface area (TPSA) is 99.3 Å². The van der Waals surface area contributed by atoms with E-state index in [1.54, 1.807) is 6.92 Å². The Morgan fingerprint density at radius 2 is 1.95 bits per heavy atom. The number of hydrogen-bond acceptors (Lipinski definition) is 4. The highest BCUT2D eigenvalue weighted by atomic mass is 35.5. The number of ketones is 2. The van der Waals surface area contributed by atoms with Crippen molar-refractivity contribution in [3.05, 3.63) is 34.5 Å². The minimum absolute atomic E-state index is 0.0725. The van der Waals surface area contributed by atoms with Crippen LogP contribution in [0.25, 0.3) is 10.9 Å². The van der Waals surface area contributed by atoms with Crippen LogP contribution in [0.1, 0.15) is 74.3 Å². The fraction of sp³-hybridized carbons (Fsp3) is 0.571. The molecule has 1 aromatic heterocycles. The minimum Gasteiger partial charge on any atom is -0.350 e. The molecule has 3 aliphatic rings. The number of aromatic amines is 1. The van der Waals surface area contributed by atoms with E-state index < -0.39 is 35.6 Å². The van der Waals surface area contributed by atoms with E-state index in [0.29, 0.717) is 19.4 Å². The molecule has 2 N–H and O–H groups in total. The number of alkyl halides is 3. The average molecular weight is 566 g/mol. The molecule has 11 heteroatoms. The predicted molar refractivity (Wildman–Crippen MR) is 138 cm³/mol. The number of aromatic nitrogens is 1. The van der Waals surface area contributed by atoms with Crippen LogP contribution in [0.2, 0.25) is 5.02 Å². The van der Waals surface area contributed by atoms with Gasteiger partial charge < -0.3 is 15.2 Å². The van der Waals surface area contributed by atoms with Crippen molar-refractivity contribution in [3.63, 3.8) is 0 Å². The number of nitrogens with zero attached hydrogens (tertiary/aromatic N) is 1. The number of hydrogen-bond donors (Lipinski definition) is 2. The van der Waals surface area contributed by atoms with Crippen LogP contribution < -0.4 is 5.32 Å². The van der Waals surface area contributed by atoms with Crippen LogP contribution in [-0.4, -0.2) is 51.9 Å². The van der Waals surface area contributed by atoms with Crippen molar-refractivity contribution in [1.82, 2.24) is 15.2 Å². The average Bonchev–Trinajstić information content (AvgIpc) is 3.66. The van der Waals surface area contributed by atoms with Gasteiger partial charge in [0.05, 0.1) is 17.1 Å². The van der Waals surface area contributed by atoms with Crippen molar-refractivity contribution in [2.45, 2.75) is 76.6 Å². The Kier molecular flexibility index (Phi) is 7.52. The number of amides is 2. The third-order valence-corrected chi connectivity index (χ3v) is 9.03. The molecule has 5 rings (SSSR count). The van der Waals surface area contributed by atoms with E-state index in [2.05, 4.69) is 10.3 Å². The zero-order valence-corrected chi connectivity index (χ0v) is 22.3. The van der Waals surface area contributed by atoms with Gasteiger partial charge in [-0.1, -0.05) is 24.9 Å². The van der Waals surface area contributed by atoms with Crippen LogP contribution in [0.5, 0.6) is 0 Å². The van der Waals surface area contributed by atoms with Crippen LogP contribution in [0.3, 0.4) is 0 Å². The van der Waals surface area contributed by atoms with Gasteiger partial charge in [-0.25, -0.2) is 0 Å². The molecule has 2 aromatic rings. The molecule has 3 fully saturated rings. The van der Waals surface area contributed by atoms with Gasteiger partial charge >= 0.3 is 6.18 Å². The number of halogens is 4. The number of nitrogens with one attached hydrogen (secondary N) is 2. The number of carbonyl (C=O) groups is 4. The first kappa shape index (κ1) is 27.7. The summed E-state index contributed by atoms with van der Waals surface area (Å²) in [5, 5.41) is 3.00. The monoisotopic (exact) mass is 565 g/mol. The van der Waals surface area contributed by atoms with E-state index in [0.717, 1.165) is 37.8 Å². The normalized spacial score (nSPS) is 25.8. The molecule has 210 valence electrons. The van der Waals surface area contributed by atoms with Gasteiger partial charge in [0.15, 0.2) is 5.78 Å². The van der Waals surface area contributed by atoms with E-state index in [9.17, 15) is 32.3 Å². The van der Waals surface area contributed by atoms with E-state index in [-0.39, 0.29) is 63.8 Å². The van der Waals surface area contributed by atoms with Crippen LogP contribution in [0.4, 0.5) is 13.2 Å². The lowest BCUT2D eigenvalue weighted by Crippen LogP contribution is -2.53. The lowest BCUT2D eigenvalue weighted by atomic mass is 9.91. The molecular formula is C28H31ClF3N3O4. The number of Topliss-reactive ketones (excluding diaryl/α,β-unsaturated/α-hetero) is 2. The van der Waals surface area contributed by atoms with Gasteiger partial charge in [-0.2, -0.15) is 13.2 Å². The Balaban J connectivity index is 1.43. The lowest BCUT2D eigenvalue weighted by Gasteiger charge is -2.29. The van der Waals surface area contributed by atoms with Crippen molar-refractivity contribution in [3.8, 4) is 0 Å². The van der Waals surface area contributed by atoms with Crippen molar-refractivity contribution in [2.24, 2.45) is 17.8 Å². The van der Waals surface area contributed by atoms with Gasteiger partial charge in [-0.3, -0.25) is 19.2 Å². The van der Waals surface area contributed by atoms with Gasteiger partial charge in [0, 0.05) is 35.7 Å². The first-order valence-corrected chi connectivity index (χ1v) is 13.9. The summed E-state index contributed by atoms with van der Waals surface area (Å²) in [6, 6.07) is 1.62. The molecule has 1 aliphatic heterocycles. The molecule has 2 heterocycles. The molecule has 5 unspecified atom stereocenters. The van der Waals surface area contributed by atoms with Crippen molar-refractivity contribution >= 4 is 45.9 Å². The molecule has 39 heavy (non-hydrogen) atoms. The number of rotatable bonds is 7. The van der Waals surface area contributed by atoms with Gasteiger partial charge in [-0.05, 0) is 62.1 Å². The summed E-state index contributed by atoms with van der Waals surface area (Å²) >= 11 is 6.16. The number of H-pyrrole nitrogens is 1. The lowest BCUT2D eigenvalue weighted by molar-refractivity contribution is -0.136. The van der Waals surface area contributed by atoms with Gasteiger partial charge in [0.25, 0.3) is 5.91 Å². The summed E-state index contributed by atoms with van der Waals surface area (Å²) in [5.74, 6) is -1.42. The highest BCUT2D eigenvalue weighted by molar-refractivity contribution is 6.35. The Morgan fingerprint density at radius 3 is 2.62 bits per heavy atom. The molecule has 2 amide bonds. The first-order chi connectivity index (χ1) is 18.5. The maximum atomic E-state index is 13.7. The highest BCUT2D eigenvalue weighted by Crippen LogP contribution is 2.43. The summed E-state index contributed by atoms with van der Waals surface area (Å²) in [5.41, 5.74) is -1.30. The van der Waals surface area contributed by atoms with Crippen molar-refractivity contribution < 1.29 is 32.3 Å². The zero-order valence-electron chi connectivity index (χ0n) is 21.6. The molecule has 5 atom stereocenters. The third-order valence-electron chi connectivity index (χ3n) is 8.70. The molecule has 1 saturated heterocycles. The molecular weight excluding hydrogens is 535 g/mol. The third kappa shape index (κ3) is 5.19. The second-order valence-corrected chi connectivity index (χ2v) is 11.4. The predicted octanol–water partition coefficient (Wildman–Crippen LogP) is 5.30. The van der Waals surface area contributed by atoms with E-state index in [1.807, 2.05) is 0 Å². The molecule has 0 spiro atoms. The van der Waals surface area contributed by atoms with Crippen LogP contribution in [0, 0.1) is 17.8 Å². The fourth-order valence-electron chi connectivity index (χ4n) is 6.74. The standard InChI is InChI=1S/C28H31ClF3N3O4/c1-2-22(36)20(11-14-5-4-8-23(14)37)34-26(38)25-16-7-3-6-15(16)13-35(25)27(39)21-12-17-19(29)10-9-18(24(17)33-21)28(30,31)32/h9-10,12,14-16,20,25,33H,2-8,11,13H2,1H3,(H,34,38). The Labute approximate surface area is 228 Å². The molecule has 0 bridgehead atoms. The molecule has 7 nitrogen and oxygen atoms in total. The highest BCUT2D eigenvalue weighted by Gasteiger charge is 2.50. The maximum Gasteiger partial charge on any atom is 0.418 e. The molecule has 2 saturated carbocycles. The summed E-state index contributed by atoms with van der Waals surface area (Å²) < 4.78 is 40.8. The molecule has 1 aromatic carbocycles. The zero-order chi connectivity index (χ0) is 28.1. The number of fused-ring (bicyclic) bond motifs is 2.